The Balaban J connectivity index is 2.25. The van der Waals surface area contributed by atoms with Crippen molar-refractivity contribution in [2.75, 3.05) is 12.8 Å². The Labute approximate surface area is 73.6 Å². The Hall–Kier alpha value is -0.130. The van der Waals surface area contributed by atoms with Gasteiger partial charge in [0.1, 0.15) is 0 Å². The summed E-state index contributed by atoms with van der Waals surface area (Å²) in [5.41, 5.74) is 5.69. The zero-order chi connectivity index (χ0) is 9.19. The van der Waals surface area contributed by atoms with Gasteiger partial charge in [0.05, 0.1) is 6.26 Å². The van der Waals surface area contributed by atoms with Gasteiger partial charge >= 0.3 is 0 Å². The molecule has 0 heterocycles. The van der Waals surface area contributed by atoms with Crippen LogP contribution in [0.25, 0.3) is 0 Å². The fourth-order valence-electron chi connectivity index (χ4n) is 1.57. The normalized spacial score (nSPS) is 30.8. The lowest BCUT2D eigenvalue weighted by Gasteiger charge is -2.08. The van der Waals surface area contributed by atoms with Crippen molar-refractivity contribution in [3.8, 4) is 0 Å². The Morgan fingerprint density at radius 3 is 2.58 bits per heavy atom. The summed E-state index contributed by atoms with van der Waals surface area (Å²) in [5.74, 6) is 0.440. The van der Waals surface area contributed by atoms with Crippen molar-refractivity contribution in [1.82, 2.24) is 4.72 Å². The molecule has 2 atom stereocenters. The molecule has 72 valence electrons. The number of nitrogens with one attached hydrogen (secondary N) is 1. The number of hydrogen-bond donors (Lipinski definition) is 2. The van der Waals surface area contributed by atoms with E-state index in [2.05, 4.69) is 4.72 Å². The summed E-state index contributed by atoms with van der Waals surface area (Å²) in [6, 6.07) is 0.274. The van der Waals surface area contributed by atoms with Crippen molar-refractivity contribution in [3.63, 3.8) is 0 Å². The van der Waals surface area contributed by atoms with Crippen LogP contribution in [0.3, 0.4) is 0 Å². The lowest BCUT2D eigenvalue weighted by atomic mass is 10.1. The third-order valence-electron chi connectivity index (χ3n) is 2.22. The minimum atomic E-state index is -3.02. The third kappa shape index (κ3) is 3.51. The van der Waals surface area contributed by atoms with Gasteiger partial charge < -0.3 is 5.73 Å². The Morgan fingerprint density at radius 2 is 2.17 bits per heavy atom. The standard InChI is InChI=1S/C7H16N2O2S/c1-12(10,11)9-5-6-2-3-7(8)4-6/h6-7,9H,2-5,8H2,1H3/t6-,7+/m0/s1. The molecule has 12 heavy (non-hydrogen) atoms. The van der Waals surface area contributed by atoms with Crippen molar-refractivity contribution in [2.24, 2.45) is 11.7 Å². The van der Waals surface area contributed by atoms with Gasteiger partial charge in [0, 0.05) is 12.6 Å². The lowest BCUT2D eigenvalue weighted by Crippen LogP contribution is -2.28. The van der Waals surface area contributed by atoms with E-state index < -0.39 is 10.0 Å². The second-order valence-corrected chi connectivity index (χ2v) is 5.39. The van der Waals surface area contributed by atoms with Gasteiger partial charge in [0.25, 0.3) is 0 Å². The Bertz CT molecular complexity index is 238. The fourth-order valence-corrected chi connectivity index (χ4v) is 2.11. The van der Waals surface area contributed by atoms with Gasteiger partial charge in [-0.15, -0.1) is 0 Å². The predicted octanol–water partition coefficient (Wildman–Crippen LogP) is -0.337. The van der Waals surface area contributed by atoms with E-state index in [4.69, 9.17) is 5.73 Å². The quantitative estimate of drug-likeness (QED) is 0.642. The van der Waals surface area contributed by atoms with Crippen molar-refractivity contribution in [1.29, 1.82) is 0 Å². The smallest absolute Gasteiger partial charge is 0.208 e. The van der Waals surface area contributed by atoms with Crippen LogP contribution in [0.15, 0.2) is 0 Å². The molecule has 4 nitrogen and oxygen atoms in total. The summed E-state index contributed by atoms with van der Waals surface area (Å²) in [4.78, 5) is 0. The van der Waals surface area contributed by atoms with Crippen LogP contribution in [0, 0.1) is 5.92 Å². The van der Waals surface area contributed by atoms with Crippen LogP contribution in [-0.4, -0.2) is 27.3 Å². The third-order valence-corrected chi connectivity index (χ3v) is 2.91. The lowest BCUT2D eigenvalue weighted by molar-refractivity contribution is 0.515. The van der Waals surface area contributed by atoms with E-state index in [-0.39, 0.29) is 6.04 Å². The minimum absolute atomic E-state index is 0.274. The molecule has 1 fully saturated rings. The molecule has 3 N–H and O–H groups in total. The zero-order valence-electron chi connectivity index (χ0n) is 7.29. The van der Waals surface area contributed by atoms with E-state index in [1.807, 2.05) is 0 Å². The largest absolute Gasteiger partial charge is 0.328 e. The fraction of sp³-hybridized carbons (Fsp3) is 1.00. The molecule has 0 amide bonds. The molecule has 0 unspecified atom stereocenters. The van der Waals surface area contributed by atoms with Gasteiger partial charge in [0.2, 0.25) is 10.0 Å². The maximum absolute atomic E-state index is 10.7. The summed E-state index contributed by atoms with van der Waals surface area (Å²) in [5, 5.41) is 0. The first kappa shape index (κ1) is 9.95. The Morgan fingerprint density at radius 1 is 1.50 bits per heavy atom. The van der Waals surface area contributed by atoms with Gasteiger partial charge in [-0.3, -0.25) is 0 Å². The second-order valence-electron chi connectivity index (χ2n) is 3.56. The maximum Gasteiger partial charge on any atom is 0.208 e. The molecule has 1 aliphatic rings. The van der Waals surface area contributed by atoms with Crippen molar-refractivity contribution in [3.05, 3.63) is 0 Å². The summed E-state index contributed by atoms with van der Waals surface area (Å²) in [7, 11) is -3.02. The molecule has 1 aliphatic carbocycles. The van der Waals surface area contributed by atoms with Crippen LogP contribution in [0.4, 0.5) is 0 Å². The average molecular weight is 192 g/mol. The van der Waals surface area contributed by atoms with E-state index >= 15 is 0 Å². The average Bonchev–Trinajstić information content (AvgIpc) is 2.30. The van der Waals surface area contributed by atoms with Crippen LogP contribution in [0.1, 0.15) is 19.3 Å². The highest BCUT2D eigenvalue weighted by Crippen LogP contribution is 2.23. The summed E-state index contributed by atoms with van der Waals surface area (Å²) >= 11 is 0. The molecule has 0 spiro atoms. The topological polar surface area (TPSA) is 72.2 Å². The van der Waals surface area contributed by atoms with Crippen molar-refractivity contribution < 1.29 is 8.42 Å². The zero-order valence-corrected chi connectivity index (χ0v) is 8.10. The van der Waals surface area contributed by atoms with Gasteiger partial charge in [-0.25, -0.2) is 13.1 Å². The number of nitrogens with two attached hydrogens (primary N) is 1. The summed E-state index contributed by atoms with van der Waals surface area (Å²) < 4.78 is 24.0. The van der Waals surface area contributed by atoms with Crippen molar-refractivity contribution >= 4 is 10.0 Å². The molecule has 1 rings (SSSR count). The van der Waals surface area contributed by atoms with Gasteiger partial charge in [-0.05, 0) is 25.2 Å². The minimum Gasteiger partial charge on any atom is -0.328 e. The van der Waals surface area contributed by atoms with Gasteiger partial charge in [-0.1, -0.05) is 0 Å². The first-order valence-corrected chi connectivity index (χ1v) is 6.07. The number of rotatable bonds is 3. The van der Waals surface area contributed by atoms with Crippen molar-refractivity contribution in [2.45, 2.75) is 25.3 Å². The predicted molar refractivity (Wildman–Crippen MR) is 48.2 cm³/mol. The molecule has 0 radical (unpaired) electrons. The number of hydrogen-bond acceptors (Lipinski definition) is 3. The number of sulfonamides is 1. The Kier molecular flexibility index (Phi) is 3.09. The van der Waals surface area contributed by atoms with E-state index in [1.165, 1.54) is 6.26 Å². The molecule has 0 saturated heterocycles. The van der Waals surface area contributed by atoms with E-state index in [9.17, 15) is 8.42 Å². The van der Waals surface area contributed by atoms with Crippen LogP contribution >= 0.6 is 0 Å². The van der Waals surface area contributed by atoms with E-state index in [0.29, 0.717) is 12.5 Å². The molecule has 1 saturated carbocycles. The van der Waals surface area contributed by atoms with Gasteiger partial charge in [0.15, 0.2) is 0 Å². The monoisotopic (exact) mass is 192 g/mol. The second kappa shape index (κ2) is 3.72. The molecule has 5 heteroatoms. The highest BCUT2D eigenvalue weighted by molar-refractivity contribution is 7.88. The molecule has 0 aliphatic heterocycles. The summed E-state index contributed by atoms with van der Waals surface area (Å²) in [6.45, 7) is 0.548. The van der Waals surface area contributed by atoms with Gasteiger partial charge in [-0.2, -0.15) is 0 Å². The van der Waals surface area contributed by atoms with Crippen LogP contribution in [0.5, 0.6) is 0 Å². The van der Waals surface area contributed by atoms with E-state index in [1.54, 1.807) is 0 Å². The maximum atomic E-state index is 10.7. The first-order valence-electron chi connectivity index (χ1n) is 4.17. The highest BCUT2D eigenvalue weighted by atomic mass is 32.2. The molecule has 0 aromatic carbocycles. The molecule has 0 bridgehead atoms. The SMILES string of the molecule is CS(=O)(=O)NC[C@H]1CC[C@@H](N)C1. The van der Waals surface area contributed by atoms with Crippen LogP contribution < -0.4 is 10.5 Å². The first-order chi connectivity index (χ1) is 5.47. The van der Waals surface area contributed by atoms with E-state index in [0.717, 1.165) is 19.3 Å². The van der Waals surface area contributed by atoms with Crippen LogP contribution in [-0.2, 0) is 10.0 Å². The highest BCUT2D eigenvalue weighted by Gasteiger charge is 2.21. The molecule has 0 aromatic heterocycles. The van der Waals surface area contributed by atoms with Crippen LogP contribution in [0.2, 0.25) is 0 Å². The molecular weight excluding hydrogens is 176 g/mol. The summed E-state index contributed by atoms with van der Waals surface area (Å²) in [6.07, 6.45) is 4.20. The molecule has 0 aromatic rings. The molecular formula is C7H16N2O2S.